The molecule has 1 unspecified atom stereocenters. The van der Waals surface area contributed by atoms with Crippen molar-refractivity contribution in [1.29, 1.82) is 0 Å². The highest BCUT2D eigenvalue weighted by atomic mass is 79.9. The van der Waals surface area contributed by atoms with E-state index < -0.39 is 11.8 Å². The molecule has 1 aliphatic heterocycles. The summed E-state index contributed by atoms with van der Waals surface area (Å²) in [4.78, 5) is 16.3. The molecule has 2 aromatic rings. The van der Waals surface area contributed by atoms with Crippen LogP contribution < -0.4 is 0 Å². The number of carbonyl (C=O) groups excluding carboxylic acids is 1. The number of ether oxygens (including phenoxy) is 1. The molecule has 1 fully saturated rings. The van der Waals surface area contributed by atoms with Gasteiger partial charge in [-0.1, -0.05) is 34.1 Å². The number of aromatic nitrogens is 2. The van der Waals surface area contributed by atoms with Crippen molar-refractivity contribution in [2.24, 2.45) is 0 Å². The maximum atomic E-state index is 12.5. The lowest BCUT2D eigenvalue weighted by Gasteiger charge is -2.35. The molecule has 1 aliphatic carbocycles. The molecule has 0 bridgehead atoms. The van der Waals surface area contributed by atoms with Crippen LogP contribution in [0.1, 0.15) is 56.7 Å². The Labute approximate surface area is 185 Å². The quantitative estimate of drug-likeness (QED) is 0.674. The van der Waals surface area contributed by atoms with Gasteiger partial charge in [0.2, 0.25) is 0 Å². The maximum Gasteiger partial charge on any atom is 0.410 e. The number of rotatable bonds is 4. The first kappa shape index (κ1) is 21.3. The molecule has 8 heteroatoms. The van der Waals surface area contributed by atoms with E-state index in [-0.39, 0.29) is 11.6 Å². The second-order valence-corrected chi connectivity index (χ2v) is 10.0. The van der Waals surface area contributed by atoms with Gasteiger partial charge in [-0.15, -0.1) is 0 Å². The summed E-state index contributed by atoms with van der Waals surface area (Å²) in [5.74, 6) is 0. The largest absolute Gasteiger partial charge is 0.444 e. The van der Waals surface area contributed by atoms with Crippen LogP contribution in [0.5, 0.6) is 0 Å². The third kappa shape index (κ3) is 3.88. The van der Waals surface area contributed by atoms with Crippen molar-refractivity contribution in [2.45, 2.75) is 64.1 Å². The Kier molecular flexibility index (Phi) is 5.45. The van der Waals surface area contributed by atoms with Crippen LogP contribution in [0.3, 0.4) is 0 Å². The molecule has 4 rings (SSSR count). The van der Waals surface area contributed by atoms with Crippen molar-refractivity contribution in [1.82, 2.24) is 19.6 Å². The summed E-state index contributed by atoms with van der Waals surface area (Å²) >= 11 is 3.66. The van der Waals surface area contributed by atoms with Crippen LogP contribution in [-0.2, 0) is 23.4 Å². The molecular weight excluding hydrogens is 448 g/mol. The van der Waals surface area contributed by atoms with Gasteiger partial charge in [-0.25, -0.2) is 4.79 Å². The first-order chi connectivity index (χ1) is 14.1. The molecule has 2 heterocycles. The van der Waals surface area contributed by atoms with Gasteiger partial charge in [-0.05, 0) is 52.3 Å². The van der Waals surface area contributed by atoms with Crippen LogP contribution in [0.2, 0.25) is 0 Å². The highest BCUT2D eigenvalue weighted by Crippen LogP contribution is 2.54. The Morgan fingerprint density at radius 2 is 2.00 bits per heavy atom. The summed E-state index contributed by atoms with van der Waals surface area (Å²) in [5.41, 5.74) is 2.04. The summed E-state index contributed by atoms with van der Waals surface area (Å²) in [6, 6.07) is 8.18. The Morgan fingerprint density at radius 3 is 2.63 bits per heavy atom. The van der Waals surface area contributed by atoms with Crippen molar-refractivity contribution in [3.8, 4) is 0 Å². The Morgan fingerprint density at radius 1 is 1.30 bits per heavy atom. The third-order valence-electron chi connectivity index (χ3n) is 5.97. The van der Waals surface area contributed by atoms with Gasteiger partial charge in [-0.2, -0.15) is 5.10 Å². The van der Waals surface area contributed by atoms with Crippen LogP contribution in [0.25, 0.3) is 0 Å². The summed E-state index contributed by atoms with van der Waals surface area (Å²) in [6.07, 6.45) is 2.54. The molecule has 0 radical (unpaired) electrons. The Hall–Kier alpha value is -1.90. The van der Waals surface area contributed by atoms with Crippen LogP contribution in [0.15, 0.2) is 34.9 Å². The number of amides is 1. The molecule has 1 atom stereocenters. The molecule has 0 saturated heterocycles. The standard InChI is InChI=1S/C22H29BrN4O3/c1-21(2,3)30-20(29)26-11-12-27-18(14-26)15(13-24-27)19(28)25(4)22(9-10-22)16-7-5-6-8-17(16)23/h5-8,13,19,28H,9-12,14H2,1-4H3. The fraction of sp³-hybridized carbons (Fsp3) is 0.545. The topological polar surface area (TPSA) is 70.8 Å². The van der Waals surface area contributed by atoms with Crippen molar-refractivity contribution < 1.29 is 14.6 Å². The third-order valence-corrected chi connectivity index (χ3v) is 6.67. The zero-order valence-corrected chi connectivity index (χ0v) is 19.5. The van der Waals surface area contributed by atoms with E-state index in [1.165, 1.54) is 5.56 Å². The Balaban J connectivity index is 1.56. The van der Waals surface area contributed by atoms with E-state index >= 15 is 0 Å². The zero-order chi connectivity index (χ0) is 21.7. The van der Waals surface area contributed by atoms with Gasteiger partial charge in [0.25, 0.3) is 0 Å². The number of hydrogen-bond acceptors (Lipinski definition) is 5. The predicted molar refractivity (Wildman–Crippen MR) is 117 cm³/mol. The maximum absolute atomic E-state index is 12.5. The minimum Gasteiger partial charge on any atom is -0.444 e. The molecule has 30 heavy (non-hydrogen) atoms. The van der Waals surface area contributed by atoms with E-state index in [1.807, 2.05) is 55.6 Å². The van der Waals surface area contributed by atoms with Crippen LogP contribution >= 0.6 is 15.9 Å². The molecule has 1 N–H and O–H groups in total. The van der Waals surface area contributed by atoms with Gasteiger partial charge >= 0.3 is 6.09 Å². The second kappa shape index (κ2) is 7.66. The summed E-state index contributed by atoms with van der Waals surface area (Å²) in [6.45, 7) is 7.08. The number of nitrogens with zero attached hydrogens (tertiary/aromatic N) is 4. The molecule has 1 aromatic carbocycles. The van der Waals surface area contributed by atoms with E-state index in [0.717, 1.165) is 28.6 Å². The monoisotopic (exact) mass is 476 g/mol. The lowest BCUT2D eigenvalue weighted by atomic mass is 10.0. The molecule has 1 aromatic heterocycles. The van der Waals surface area contributed by atoms with E-state index in [2.05, 4.69) is 27.1 Å². The van der Waals surface area contributed by atoms with Gasteiger partial charge in [0.15, 0.2) is 0 Å². The van der Waals surface area contributed by atoms with E-state index in [4.69, 9.17) is 4.74 Å². The molecule has 1 amide bonds. The molecule has 7 nitrogen and oxygen atoms in total. The first-order valence-corrected chi connectivity index (χ1v) is 11.1. The van der Waals surface area contributed by atoms with Gasteiger partial charge in [0, 0.05) is 22.1 Å². The number of hydrogen-bond donors (Lipinski definition) is 1. The van der Waals surface area contributed by atoms with Gasteiger partial charge < -0.3 is 14.7 Å². The zero-order valence-electron chi connectivity index (χ0n) is 17.9. The van der Waals surface area contributed by atoms with E-state index in [0.29, 0.717) is 19.6 Å². The lowest BCUT2D eigenvalue weighted by molar-refractivity contribution is -0.0213. The fourth-order valence-electron chi connectivity index (χ4n) is 4.18. The summed E-state index contributed by atoms with van der Waals surface area (Å²) < 4.78 is 8.46. The lowest BCUT2D eigenvalue weighted by Crippen LogP contribution is -2.42. The first-order valence-electron chi connectivity index (χ1n) is 10.3. The number of fused-ring (bicyclic) bond motifs is 1. The number of carbonyl (C=O) groups is 1. The molecule has 0 spiro atoms. The average Bonchev–Trinajstić information content (AvgIpc) is 3.38. The second-order valence-electron chi connectivity index (χ2n) is 9.17. The van der Waals surface area contributed by atoms with Crippen molar-refractivity contribution >= 4 is 22.0 Å². The average molecular weight is 477 g/mol. The molecule has 1 saturated carbocycles. The van der Waals surface area contributed by atoms with Crippen LogP contribution in [0.4, 0.5) is 4.79 Å². The Bertz CT molecular complexity index is 948. The van der Waals surface area contributed by atoms with Crippen LogP contribution in [0, 0.1) is 0 Å². The predicted octanol–water partition coefficient (Wildman–Crippen LogP) is 4.01. The van der Waals surface area contributed by atoms with E-state index in [9.17, 15) is 9.90 Å². The number of halogens is 1. The van der Waals surface area contributed by atoms with Crippen LogP contribution in [-0.4, -0.2) is 50.0 Å². The van der Waals surface area contributed by atoms with Gasteiger partial charge in [0.05, 0.1) is 25.0 Å². The molecule has 2 aliphatic rings. The highest BCUT2D eigenvalue weighted by Gasteiger charge is 2.51. The SMILES string of the molecule is CN(C(O)c1cnn2c1CN(C(=O)OC(C)(C)C)CC2)C1(c2ccccc2Br)CC1. The molecule has 162 valence electrons. The minimum absolute atomic E-state index is 0.201. The van der Waals surface area contributed by atoms with Crippen molar-refractivity contribution in [3.05, 3.63) is 51.8 Å². The van der Waals surface area contributed by atoms with Gasteiger partial charge in [-0.3, -0.25) is 9.58 Å². The summed E-state index contributed by atoms with van der Waals surface area (Å²) in [7, 11) is 1.95. The van der Waals surface area contributed by atoms with Gasteiger partial charge in [0.1, 0.15) is 11.8 Å². The summed E-state index contributed by atoms with van der Waals surface area (Å²) in [5, 5.41) is 15.8. The highest BCUT2D eigenvalue weighted by molar-refractivity contribution is 9.10. The normalized spacial score (nSPS) is 18.8. The minimum atomic E-state index is -0.818. The van der Waals surface area contributed by atoms with Crippen molar-refractivity contribution in [3.63, 3.8) is 0 Å². The smallest absolute Gasteiger partial charge is 0.410 e. The number of aliphatic hydroxyl groups excluding tert-OH is 1. The molecular formula is C22H29BrN4O3. The van der Waals surface area contributed by atoms with E-state index in [1.54, 1.807) is 11.1 Å². The fourth-order valence-corrected chi connectivity index (χ4v) is 4.83. The van der Waals surface area contributed by atoms with Crippen molar-refractivity contribution in [2.75, 3.05) is 13.6 Å². The number of aliphatic hydroxyl groups is 1. The number of benzene rings is 1.